The van der Waals surface area contributed by atoms with Gasteiger partial charge < -0.3 is 14.6 Å². The topological polar surface area (TPSA) is 100 Å². The first kappa shape index (κ1) is 14.1. The number of hydrogen-bond donors (Lipinski definition) is 2. The standard InChI is InChI=1S/C11H15N5O3S/c1-16(2)8-4-5-13-11(19-3)10(8)15-20(17,18)9-6-12-7-14-9/h4-7,15H,1-3H3,(H,12,14). The van der Waals surface area contributed by atoms with Gasteiger partial charge in [-0.05, 0) is 6.07 Å². The lowest BCUT2D eigenvalue weighted by Gasteiger charge is -2.19. The molecule has 0 aliphatic carbocycles. The number of nitrogens with one attached hydrogen (secondary N) is 2. The van der Waals surface area contributed by atoms with Crippen LogP contribution in [0.3, 0.4) is 0 Å². The molecule has 0 aliphatic heterocycles. The number of methoxy groups -OCH3 is 1. The molecule has 2 aromatic rings. The van der Waals surface area contributed by atoms with E-state index in [9.17, 15) is 8.42 Å². The molecular formula is C11H15N5O3S. The average molecular weight is 297 g/mol. The van der Waals surface area contributed by atoms with Crippen LogP contribution >= 0.6 is 0 Å². The predicted molar refractivity (Wildman–Crippen MR) is 74.5 cm³/mol. The summed E-state index contributed by atoms with van der Waals surface area (Å²) >= 11 is 0. The maximum absolute atomic E-state index is 12.2. The van der Waals surface area contributed by atoms with Gasteiger partial charge in [-0.15, -0.1) is 0 Å². The quantitative estimate of drug-likeness (QED) is 0.841. The summed E-state index contributed by atoms with van der Waals surface area (Å²) in [5, 5.41) is -0.0342. The fourth-order valence-electron chi connectivity index (χ4n) is 1.64. The summed E-state index contributed by atoms with van der Waals surface area (Å²) in [6.07, 6.45) is 4.06. The van der Waals surface area contributed by atoms with Gasteiger partial charge in [-0.25, -0.2) is 9.97 Å². The highest BCUT2D eigenvalue weighted by Crippen LogP contribution is 2.33. The van der Waals surface area contributed by atoms with Gasteiger partial charge in [-0.1, -0.05) is 0 Å². The molecule has 0 atom stereocenters. The molecule has 2 rings (SSSR count). The van der Waals surface area contributed by atoms with Crippen LogP contribution in [0.25, 0.3) is 0 Å². The van der Waals surface area contributed by atoms with Crippen molar-refractivity contribution >= 4 is 21.4 Å². The Morgan fingerprint density at radius 2 is 2.15 bits per heavy atom. The Balaban J connectivity index is 2.48. The maximum Gasteiger partial charge on any atom is 0.279 e. The van der Waals surface area contributed by atoms with Gasteiger partial charge in [0.2, 0.25) is 5.88 Å². The first-order chi connectivity index (χ1) is 9.45. The molecule has 0 fully saturated rings. The maximum atomic E-state index is 12.2. The number of hydrogen-bond acceptors (Lipinski definition) is 6. The van der Waals surface area contributed by atoms with Gasteiger partial charge in [-0.3, -0.25) is 4.72 Å². The third kappa shape index (κ3) is 2.67. The third-order valence-electron chi connectivity index (χ3n) is 2.57. The average Bonchev–Trinajstić information content (AvgIpc) is 2.93. The molecule has 0 unspecified atom stereocenters. The van der Waals surface area contributed by atoms with E-state index < -0.39 is 10.0 Å². The largest absolute Gasteiger partial charge is 0.479 e. The number of H-pyrrole nitrogens is 1. The number of pyridine rings is 1. The number of rotatable bonds is 5. The zero-order valence-electron chi connectivity index (χ0n) is 11.3. The fraction of sp³-hybridized carbons (Fsp3) is 0.273. The van der Waals surface area contributed by atoms with Crippen LogP contribution < -0.4 is 14.4 Å². The molecule has 2 aromatic heterocycles. The first-order valence-corrected chi connectivity index (χ1v) is 7.15. The molecule has 0 saturated carbocycles. The van der Waals surface area contributed by atoms with Crippen LogP contribution in [0.4, 0.5) is 11.4 Å². The summed E-state index contributed by atoms with van der Waals surface area (Å²) in [5.41, 5.74) is 0.912. The second-order valence-electron chi connectivity index (χ2n) is 4.13. The minimum absolute atomic E-state index is 0.0342. The molecule has 0 aliphatic rings. The van der Waals surface area contributed by atoms with Crippen molar-refractivity contribution in [2.24, 2.45) is 0 Å². The fourth-order valence-corrected chi connectivity index (χ4v) is 2.61. The number of nitrogens with zero attached hydrogens (tertiary/aromatic N) is 3. The van der Waals surface area contributed by atoms with Gasteiger partial charge in [0, 0.05) is 20.3 Å². The number of ether oxygens (including phenoxy) is 1. The molecule has 108 valence electrons. The summed E-state index contributed by atoms with van der Waals surface area (Å²) in [7, 11) is 1.24. The molecule has 0 aromatic carbocycles. The van der Waals surface area contributed by atoms with Crippen molar-refractivity contribution in [2.45, 2.75) is 5.03 Å². The second-order valence-corrected chi connectivity index (χ2v) is 5.78. The van der Waals surface area contributed by atoms with Gasteiger partial charge in [0.1, 0.15) is 5.69 Å². The van der Waals surface area contributed by atoms with E-state index in [4.69, 9.17) is 4.74 Å². The van der Waals surface area contributed by atoms with Crippen molar-refractivity contribution in [3.8, 4) is 5.88 Å². The van der Waals surface area contributed by atoms with Gasteiger partial charge in [0.15, 0.2) is 5.03 Å². The molecule has 0 saturated heterocycles. The van der Waals surface area contributed by atoms with Crippen LogP contribution in [0.1, 0.15) is 0 Å². The molecule has 2 heterocycles. The van der Waals surface area contributed by atoms with Gasteiger partial charge in [0.05, 0.1) is 25.3 Å². The Bertz CT molecular complexity index is 682. The lowest BCUT2D eigenvalue weighted by Crippen LogP contribution is -2.18. The minimum Gasteiger partial charge on any atom is -0.479 e. The SMILES string of the molecule is COc1nccc(N(C)C)c1NS(=O)(=O)c1cnc[nH]1. The summed E-state index contributed by atoms with van der Waals surface area (Å²) in [4.78, 5) is 12.0. The number of sulfonamides is 1. The van der Waals surface area contributed by atoms with Crippen molar-refractivity contribution < 1.29 is 13.2 Å². The molecule has 0 spiro atoms. The van der Waals surface area contributed by atoms with Crippen LogP contribution in [0.5, 0.6) is 5.88 Å². The Morgan fingerprint density at radius 1 is 1.40 bits per heavy atom. The van der Waals surface area contributed by atoms with Gasteiger partial charge in [0.25, 0.3) is 10.0 Å². The normalized spacial score (nSPS) is 11.2. The van der Waals surface area contributed by atoms with E-state index in [1.54, 1.807) is 31.3 Å². The lowest BCUT2D eigenvalue weighted by atomic mass is 10.3. The van der Waals surface area contributed by atoms with E-state index in [0.29, 0.717) is 5.69 Å². The molecule has 2 N–H and O–H groups in total. The van der Waals surface area contributed by atoms with Crippen LogP contribution in [0.2, 0.25) is 0 Å². The molecule has 0 amide bonds. The number of imidazole rings is 1. The minimum atomic E-state index is -3.77. The van der Waals surface area contributed by atoms with E-state index in [1.807, 2.05) is 0 Å². The highest BCUT2D eigenvalue weighted by molar-refractivity contribution is 7.92. The monoisotopic (exact) mass is 297 g/mol. The molecule has 20 heavy (non-hydrogen) atoms. The first-order valence-electron chi connectivity index (χ1n) is 5.67. The number of aromatic nitrogens is 3. The van der Waals surface area contributed by atoms with Crippen molar-refractivity contribution in [1.82, 2.24) is 15.0 Å². The lowest BCUT2D eigenvalue weighted by molar-refractivity contribution is 0.400. The summed E-state index contributed by atoms with van der Waals surface area (Å²) < 4.78 is 32.0. The van der Waals surface area contributed by atoms with E-state index >= 15 is 0 Å². The third-order valence-corrected chi connectivity index (χ3v) is 3.84. The van der Waals surface area contributed by atoms with E-state index in [1.165, 1.54) is 19.6 Å². The zero-order valence-corrected chi connectivity index (χ0v) is 12.1. The number of anilines is 2. The van der Waals surface area contributed by atoms with Crippen LogP contribution in [0, 0.1) is 0 Å². The van der Waals surface area contributed by atoms with E-state index in [0.717, 1.165) is 0 Å². The highest BCUT2D eigenvalue weighted by atomic mass is 32.2. The Labute approximate surface area is 116 Å². The second kappa shape index (κ2) is 5.37. The van der Waals surface area contributed by atoms with Crippen molar-refractivity contribution in [3.05, 3.63) is 24.8 Å². The van der Waals surface area contributed by atoms with Gasteiger partial charge >= 0.3 is 0 Å². The van der Waals surface area contributed by atoms with Crippen LogP contribution in [-0.4, -0.2) is 44.6 Å². The molecule has 0 radical (unpaired) electrons. The number of aromatic amines is 1. The van der Waals surface area contributed by atoms with Crippen molar-refractivity contribution in [2.75, 3.05) is 30.8 Å². The Kier molecular flexibility index (Phi) is 3.79. The Hall–Kier alpha value is -2.29. The molecule has 9 heteroatoms. The van der Waals surface area contributed by atoms with Crippen molar-refractivity contribution in [1.29, 1.82) is 0 Å². The zero-order chi connectivity index (χ0) is 14.8. The Morgan fingerprint density at radius 3 is 2.70 bits per heavy atom. The molecule has 8 nitrogen and oxygen atoms in total. The summed E-state index contributed by atoms with van der Waals surface area (Å²) in [5.74, 6) is 0.194. The smallest absolute Gasteiger partial charge is 0.279 e. The van der Waals surface area contributed by atoms with E-state index in [-0.39, 0.29) is 16.6 Å². The molecular weight excluding hydrogens is 282 g/mol. The summed E-state index contributed by atoms with van der Waals surface area (Å²) in [6.45, 7) is 0. The summed E-state index contributed by atoms with van der Waals surface area (Å²) in [6, 6.07) is 1.69. The van der Waals surface area contributed by atoms with E-state index in [2.05, 4.69) is 19.7 Å². The predicted octanol–water partition coefficient (Wildman–Crippen LogP) is 0.680. The highest BCUT2D eigenvalue weighted by Gasteiger charge is 2.21. The van der Waals surface area contributed by atoms with Crippen LogP contribution in [0.15, 0.2) is 29.8 Å². The van der Waals surface area contributed by atoms with Crippen LogP contribution in [-0.2, 0) is 10.0 Å². The molecule has 0 bridgehead atoms. The van der Waals surface area contributed by atoms with Crippen molar-refractivity contribution in [3.63, 3.8) is 0 Å². The van der Waals surface area contributed by atoms with Gasteiger partial charge in [-0.2, -0.15) is 8.42 Å².